The fraction of sp³-hybridized carbons (Fsp3) is 0.156. The lowest BCUT2D eigenvalue weighted by Crippen LogP contribution is -2.14. The van der Waals surface area contributed by atoms with Crippen molar-refractivity contribution < 1.29 is 23.7 Å². The van der Waals surface area contributed by atoms with Crippen molar-refractivity contribution in [3.8, 4) is 28.4 Å². The van der Waals surface area contributed by atoms with E-state index in [4.69, 9.17) is 18.9 Å². The molecule has 41 heavy (non-hydrogen) atoms. The zero-order valence-electron chi connectivity index (χ0n) is 22.2. The monoisotopic (exact) mass is 563 g/mol. The van der Waals surface area contributed by atoms with E-state index in [2.05, 4.69) is 8.75 Å². The smallest absolute Gasteiger partial charge is 0.355 e. The van der Waals surface area contributed by atoms with Crippen molar-refractivity contribution in [2.75, 3.05) is 13.4 Å². The van der Waals surface area contributed by atoms with Crippen LogP contribution in [0.2, 0.25) is 0 Å². The molecule has 7 rings (SSSR count). The van der Waals surface area contributed by atoms with Crippen molar-refractivity contribution in [3.63, 3.8) is 0 Å². The predicted molar refractivity (Wildman–Crippen MR) is 157 cm³/mol. The number of fused-ring (bicyclic) bond motifs is 3. The Balaban J connectivity index is 1.40. The molecule has 0 bridgehead atoms. The molecule has 0 saturated heterocycles. The average molecular weight is 564 g/mol. The summed E-state index contributed by atoms with van der Waals surface area (Å²) in [5, 5.41) is 0.899. The van der Waals surface area contributed by atoms with Gasteiger partial charge in [-0.25, -0.2) is 4.79 Å². The third-order valence-electron chi connectivity index (χ3n) is 7.07. The standard InChI is InChI=1S/C32H25N3O5S/c1-2-37-32(36)31-30(22-9-13-28-29(15-22)40-19-39-28)24-11-10-23(38-18-20-6-4-3-5-7-20)16-27(24)35(31)17-21-8-12-25-26(14-21)34-41-33-25/h3-16H,2,17-19H2,1H3. The van der Waals surface area contributed by atoms with Gasteiger partial charge in [-0.05, 0) is 60.0 Å². The van der Waals surface area contributed by atoms with Gasteiger partial charge >= 0.3 is 5.97 Å². The number of ether oxygens (including phenoxy) is 4. The molecule has 6 aromatic rings. The Bertz CT molecular complexity index is 1900. The van der Waals surface area contributed by atoms with Gasteiger partial charge in [0.05, 0.1) is 23.9 Å². The van der Waals surface area contributed by atoms with Gasteiger partial charge in [-0.3, -0.25) is 0 Å². The van der Waals surface area contributed by atoms with Crippen molar-refractivity contribution in [2.45, 2.75) is 20.1 Å². The highest BCUT2D eigenvalue weighted by Crippen LogP contribution is 2.42. The van der Waals surface area contributed by atoms with Gasteiger partial charge in [-0.1, -0.05) is 42.5 Å². The minimum atomic E-state index is -0.403. The number of hydrogen-bond donors (Lipinski definition) is 0. The van der Waals surface area contributed by atoms with Gasteiger partial charge in [-0.15, -0.1) is 0 Å². The summed E-state index contributed by atoms with van der Waals surface area (Å²) in [4.78, 5) is 13.7. The Morgan fingerprint density at radius 1 is 0.902 bits per heavy atom. The maximum absolute atomic E-state index is 13.7. The molecule has 0 fully saturated rings. The molecular formula is C32H25N3O5S. The van der Waals surface area contributed by atoms with Crippen LogP contribution in [0.25, 0.3) is 33.1 Å². The van der Waals surface area contributed by atoms with Crippen LogP contribution in [-0.2, 0) is 17.9 Å². The van der Waals surface area contributed by atoms with Crippen LogP contribution in [0.3, 0.4) is 0 Å². The summed E-state index contributed by atoms with van der Waals surface area (Å²) < 4.78 is 33.8. The molecule has 9 heteroatoms. The van der Waals surface area contributed by atoms with Crippen LogP contribution >= 0.6 is 11.7 Å². The van der Waals surface area contributed by atoms with E-state index in [1.807, 2.05) is 96.4 Å². The summed E-state index contributed by atoms with van der Waals surface area (Å²) in [6, 6.07) is 27.7. The van der Waals surface area contributed by atoms with Crippen molar-refractivity contribution in [2.24, 2.45) is 0 Å². The molecule has 0 radical (unpaired) electrons. The highest BCUT2D eigenvalue weighted by atomic mass is 32.1. The predicted octanol–water partition coefficient (Wildman–Crippen LogP) is 6.85. The molecule has 2 aromatic heterocycles. The van der Waals surface area contributed by atoms with E-state index >= 15 is 0 Å². The van der Waals surface area contributed by atoms with Crippen LogP contribution in [0.4, 0.5) is 0 Å². The van der Waals surface area contributed by atoms with Crippen LogP contribution in [0, 0.1) is 0 Å². The highest BCUT2D eigenvalue weighted by molar-refractivity contribution is 7.00. The normalized spacial score (nSPS) is 12.2. The minimum Gasteiger partial charge on any atom is -0.489 e. The number of rotatable bonds is 8. The first kappa shape index (κ1) is 25.1. The van der Waals surface area contributed by atoms with Crippen LogP contribution in [0.5, 0.6) is 17.2 Å². The van der Waals surface area contributed by atoms with Gasteiger partial charge in [0.25, 0.3) is 0 Å². The van der Waals surface area contributed by atoms with Crippen LogP contribution in [0.1, 0.15) is 28.5 Å². The quantitative estimate of drug-likeness (QED) is 0.187. The summed E-state index contributed by atoms with van der Waals surface area (Å²) in [7, 11) is 0. The van der Waals surface area contributed by atoms with E-state index in [1.165, 1.54) is 11.7 Å². The second kappa shape index (κ2) is 10.6. The fourth-order valence-electron chi connectivity index (χ4n) is 5.19. The molecule has 8 nitrogen and oxygen atoms in total. The average Bonchev–Trinajstić information content (AvgIpc) is 3.74. The summed E-state index contributed by atoms with van der Waals surface area (Å²) in [6.07, 6.45) is 0. The first-order valence-electron chi connectivity index (χ1n) is 13.3. The largest absolute Gasteiger partial charge is 0.489 e. The number of aromatic nitrogens is 3. The third kappa shape index (κ3) is 4.74. The van der Waals surface area contributed by atoms with Crippen molar-refractivity contribution in [1.82, 2.24) is 13.3 Å². The van der Waals surface area contributed by atoms with Crippen molar-refractivity contribution >= 4 is 39.6 Å². The van der Waals surface area contributed by atoms with E-state index in [9.17, 15) is 4.79 Å². The van der Waals surface area contributed by atoms with Crippen molar-refractivity contribution in [3.05, 3.63) is 102 Å². The maximum Gasteiger partial charge on any atom is 0.355 e. The van der Waals surface area contributed by atoms with E-state index < -0.39 is 5.97 Å². The molecule has 1 aliphatic rings. The Morgan fingerprint density at radius 2 is 1.76 bits per heavy atom. The molecule has 0 saturated carbocycles. The highest BCUT2D eigenvalue weighted by Gasteiger charge is 2.27. The molecule has 0 unspecified atom stereocenters. The van der Waals surface area contributed by atoms with Crippen LogP contribution < -0.4 is 14.2 Å². The zero-order chi connectivity index (χ0) is 27.8. The molecule has 0 spiro atoms. The molecular weight excluding hydrogens is 538 g/mol. The molecule has 204 valence electrons. The molecule has 1 aliphatic heterocycles. The summed E-state index contributed by atoms with van der Waals surface area (Å²) in [5.74, 6) is 1.62. The van der Waals surface area contributed by atoms with Crippen LogP contribution in [0.15, 0.2) is 84.9 Å². The van der Waals surface area contributed by atoms with Gasteiger partial charge in [-0.2, -0.15) is 8.75 Å². The van der Waals surface area contributed by atoms with E-state index in [0.717, 1.165) is 44.2 Å². The first-order chi connectivity index (χ1) is 20.2. The Kier molecular flexibility index (Phi) is 6.48. The second-order valence-corrected chi connectivity index (χ2v) is 10.2. The molecule has 0 amide bonds. The van der Waals surface area contributed by atoms with Gasteiger partial charge in [0.2, 0.25) is 6.79 Å². The van der Waals surface area contributed by atoms with Gasteiger partial charge in [0, 0.05) is 23.6 Å². The molecule has 4 aromatic carbocycles. The minimum absolute atomic E-state index is 0.168. The van der Waals surface area contributed by atoms with Crippen LogP contribution in [-0.4, -0.2) is 32.7 Å². The molecule has 0 aliphatic carbocycles. The molecule has 0 N–H and O–H groups in total. The number of benzene rings is 4. The topological polar surface area (TPSA) is 84.7 Å². The number of nitrogens with zero attached hydrogens (tertiary/aromatic N) is 3. The summed E-state index contributed by atoms with van der Waals surface area (Å²) in [6.45, 7) is 3.08. The Labute approximate surface area is 240 Å². The number of carbonyl (C=O) groups is 1. The van der Waals surface area contributed by atoms with Crippen molar-refractivity contribution in [1.29, 1.82) is 0 Å². The lowest BCUT2D eigenvalue weighted by molar-refractivity contribution is 0.0516. The third-order valence-corrected chi connectivity index (χ3v) is 7.63. The lowest BCUT2D eigenvalue weighted by atomic mass is 10.0. The lowest BCUT2D eigenvalue weighted by Gasteiger charge is -2.13. The number of esters is 1. The molecule has 3 heterocycles. The summed E-state index contributed by atoms with van der Waals surface area (Å²) >= 11 is 1.18. The first-order valence-corrected chi connectivity index (χ1v) is 14.0. The van der Waals surface area contributed by atoms with E-state index in [1.54, 1.807) is 0 Å². The van der Waals surface area contributed by atoms with E-state index in [0.29, 0.717) is 36.1 Å². The molecule has 0 atom stereocenters. The number of carbonyl (C=O) groups excluding carboxylic acids is 1. The fourth-order valence-corrected chi connectivity index (χ4v) is 5.71. The van der Waals surface area contributed by atoms with Gasteiger partial charge < -0.3 is 23.5 Å². The van der Waals surface area contributed by atoms with E-state index in [-0.39, 0.29) is 13.4 Å². The zero-order valence-corrected chi connectivity index (χ0v) is 23.0. The SMILES string of the molecule is CCOC(=O)c1c(-c2ccc3c(c2)OCO3)c2ccc(OCc3ccccc3)cc2n1Cc1ccc2nsnc2c1. The summed E-state index contributed by atoms with van der Waals surface area (Å²) in [5.41, 5.74) is 6.63. The second-order valence-electron chi connectivity index (χ2n) is 9.64. The van der Waals surface area contributed by atoms with Gasteiger partial charge in [0.1, 0.15) is 29.1 Å². The Morgan fingerprint density at radius 3 is 2.63 bits per heavy atom. The Hall–Kier alpha value is -4.89. The van der Waals surface area contributed by atoms with Gasteiger partial charge in [0.15, 0.2) is 11.5 Å². The maximum atomic E-state index is 13.7. The number of hydrogen-bond acceptors (Lipinski definition) is 8.